The number of aliphatic hydroxyl groups is 1. The summed E-state index contributed by atoms with van der Waals surface area (Å²) in [5.41, 5.74) is 1.28. The predicted octanol–water partition coefficient (Wildman–Crippen LogP) is 1.80. The SMILES string of the molecule is O=C(NCCc1nc2c(s1)CCCC2)N[C@@H]1C=C[C@H](CO)C1. The molecule has 0 spiro atoms. The minimum atomic E-state index is -0.144. The van der Waals surface area contributed by atoms with E-state index in [0.717, 1.165) is 24.3 Å². The van der Waals surface area contributed by atoms with E-state index in [-0.39, 0.29) is 24.6 Å². The van der Waals surface area contributed by atoms with E-state index in [1.807, 2.05) is 12.2 Å². The number of nitrogens with one attached hydrogen (secondary N) is 2. The van der Waals surface area contributed by atoms with Gasteiger partial charge in [-0.2, -0.15) is 0 Å². The molecule has 5 nitrogen and oxygen atoms in total. The van der Waals surface area contributed by atoms with Gasteiger partial charge in [-0.15, -0.1) is 11.3 Å². The first-order chi connectivity index (χ1) is 10.7. The second kappa shape index (κ2) is 7.24. The van der Waals surface area contributed by atoms with Crippen LogP contribution >= 0.6 is 11.3 Å². The topological polar surface area (TPSA) is 74.2 Å². The second-order valence-electron chi connectivity index (χ2n) is 6.00. The van der Waals surface area contributed by atoms with Crippen molar-refractivity contribution in [2.45, 2.75) is 44.6 Å². The molecule has 6 heteroatoms. The minimum Gasteiger partial charge on any atom is -0.396 e. The zero-order valence-corrected chi connectivity index (χ0v) is 13.5. The van der Waals surface area contributed by atoms with Gasteiger partial charge in [-0.25, -0.2) is 9.78 Å². The van der Waals surface area contributed by atoms with Crippen LogP contribution in [-0.2, 0) is 19.3 Å². The average Bonchev–Trinajstić information content (AvgIpc) is 3.13. The first-order valence-corrected chi connectivity index (χ1v) is 8.87. The number of hydrogen-bond acceptors (Lipinski definition) is 4. The van der Waals surface area contributed by atoms with Crippen molar-refractivity contribution in [1.82, 2.24) is 15.6 Å². The Kier molecular flexibility index (Phi) is 5.10. The fourth-order valence-corrected chi connectivity index (χ4v) is 4.19. The Morgan fingerprint density at radius 3 is 3.00 bits per heavy atom. The lowest BCUT2D eigenvalue weighted by molar-refractivity contribution is 0.231. The van der Waals surface area contributed by atoms with Gasteiger partial charge in [0.25, 0.3) is 0 Å². The number of carbonyl (C=O) groups excluding carboxylic acids is 1. The normalized spacial score (nSPS) is 23.3. The third-order valence-corrected chi connectivity index (χ3v) is 5.45. The van der Waals surface area contributed by atoms with Crippen molar-refractivity contribution in [3.63, 3.8) is 0 Å². The molecule has 0 fully saturated rings. The highest BCUT2D eigenvalue weighted by Gasteiger charge is 2.19. The summed E-state index contributed by atoms with van der Waals surface area (Å²) >= 11 is 1.80. The molecule has 0 saturated carbocycles. The van der Waals surface area contributed by atoms with Gasteiger partial charge in [0.05, 0.1) is 10.7 Å². The number of aliphatic hydroxyl groups excluding tert-OH is 1. The number of aryl methyl sites for hydroxylation is 2. The van der Waals surface area contributed by atoms with E-state index >= 15 is 0 Å². The van der Waals surface area contributed by atoms with E-state index in [2.05, 4.69) is 15.6 Å². The summed E-state index contributed by atoms with van der Waals surface area (Å²) in [6.07, 6.45) is 10.3. The molecule has 1 aromatic heterocycles. The van der Waals surface area contributed by atoms with Crippen LogP contribution in [0.15, 0.2) is 12.2 Å². The van der Waals surface area contributed by atoms with Crippen molar-refractivity contribution in [3.8, 4) is 0 Å². The molecule has 2 atom stereocenters. The van der Waals surface area contributed by atoms with Crippen molar-refractivity contribution < 1.29 is 9.90 Å². The van der Waals surface area contributed by atoms with Gasteiger partial charge in [0, 0.05) is 36.4 Å². The first-order valence-electron chi connectivity index (χ1n) is 8.05. The summed E-state index contributed by atoms with van der Waals surface area (Å²) in [5.74, 6) is 0.173. The highest BCUT2D eigenvalue weighted by atomic mass is 32.1. The van der Waals surface area contributed by atoms with Crippen LogP contribution < -0.4 is 10.6 Å². The minimum absolute atomic E-state index is 0.0318. The average molecular weight is 321 g/mol. The standard InChI is InChI=1S/C16H23N3O2S/c20-10-11-5-6-12(9-11)18-16(21)17-8-7-15-19-13-3-1-2-4-14(13)22-15/h5-6,11-12,20H,1-4,7-10H2,(H2,17,18,21)/t11-,12+/m0/s1. The second-order valence-corrected chi connectivity index (χ2v) is 7.17. The summed E-state index contributed by atoms with van der Waals surface area (Å²) in [6.45, 7) is 0.753. The Morgan fingerprint density at radius 1 is 1.36 bits per heavy atom. The van der Waals surface area contributed by atoms with Gasteiger partial charge in [0.1, 0.15) is 0 Å². The molecule has 0 aromatic carbocycles. The third kappa shape index (κ3) is 3.87. The summed E-state index contributed by atoms with van der Waals surface area (Å²) in [4.78, 5) is 18.0. The molecule has 120 valence electrons. The third-order valence-electron chi connectivity index (χ3n) is 4.24. The van der Waals surface area contributed by atoms with Crippen molar-refractivity contribution in [2.24, 2.45) is 5.92 Å². The molecule has 2 aliphatic carbocycles. The number of thiazole rings is 1. The monoisotopic (exact) mass is 321 g/mol. The number of hydrogen-bond donors (Lipinski definition) is 3. The molecular weight excluding hydrogens is 298 g/mol. The fourth-order valence-electron chi connectivity index (χ4n) is 3.03. The largest absolute Gasteiger partial charge is 0.396 e. The molecular formula is C16H23N3O2S. The summed E-state index contributed by atoms with van der Waals surface area (Å²) in [7, 11) is 0. The van der Waals surface area contributed by atoms with E-state index in [9.17, 15) is 4.79 Å². The van der Waals surface area contributed by atoms with Crippen LogP contribution in [0.1, 0.15) is 34.8 Å². The van der Waals surface area contributed by atoms with Gasteiger partial charge in [-0.05, 0) is 32.1 Å². The van der Waals surface area contributed by atoms with Crippen LogP contribution in [0.25, 0.3) is 0 Å². The number of aromatic nitrogens is 1. The number of amides is 2. The lowest BCUT2D eigenvalue weighted by Crippen LogP contribution is -2.41. The van der Waals surface area contributed by atoms with Crippen LogP contribution in [0.2, 0.25) is 0 Å². The molecule has 2 amide bonds. The Balaban J connectivity index is 1.38. The molecule has 1 heterocycles. The first kappa shape index (κ1) is 15.5. The Morgan fingerprint density at radius 2 is 2.23 bits per heavy atom. The van der Waals surface area contributed by atoms with Crippen LogP contribution in [0.3, 0.4) is 0 Å². The van der Waals surface area contributed by atoms with Gasteiger partial charge in [0.2, 0.25) is 0 Å². The zero-order valence-electron chi connectivity index (χ0n) is 12.7. The Labute approximate surface area is 134 Å². The van der Waals surface area contributed by atoms with Crippen LogP contribution in [0.4, 0.5) is 4.79 Å². The molecule has 2 aliphatic rings. The molecule has 0 bridgehead atoms. The number of carbonyl (C=O) groups is 1. The lowest BCUT2D eigenvalue weighted by Gasteiger charge is -2.13. The molecule has 1 aromatic rings. The number of urea groups is 1. The van der Waals surface area contributed by atoms with Crippen LogP contribution in [0.5, 0.6) is 0 Å². The quantitative estimate of drug-likeness (QED) is 0.724. The maximum Gasteiger partial charge on any atom is 0.315 e. The Hall–Kier alpha value is -1.40. The van der Waals surface area contributed by atoms with E-state index in [1.165, 1.54) is 29.8 Å². The molecule has 3 rings (SSSR count). The molecule has 3 N–H and O–H groups in total. The van der Waals surface area contributed by atoms with Gasteiger partial charge < -0.3 is 15.7 Å². The van der Waals surface area contributed by atoms with E-state index in [0.29, 0.717) is 6.54 Å². The van der Waals surface area contributed by atoms with Crippen molar-refractivity contribution in [1.29, 1.82) is 0 Å². The van der Waals surface area contributed by atoms with Gasteiger partial charge in [0.15, 0.2) is 0 Å². The molecule has 0 aliphatic heterocycles. The molecule has 0 radical (unpaired) electrons. The van der Waals surface area contributed by atoms with Crippen molar-refractivity contribution in [3.05, 3.63) is 27.7 Å². The summed E-state index contributed by atoms with van der Waals surface area (Å²) < 4.78 is 0. The van der Waals surface area contributed by atoms with Crippen molar-refractivity contribution in [2.75, 3.05) is 13.2 Å². The summed E-state index contributed by atoms with van der Waals surface area (Å²) in [5, 5.41) is 16.0. The highest BCUT2D eigenvalue weighted by molar-refractivity contribution is 7.11. The highest BCUT2D eigenvalue weighted by Crippen LogP contribution is 2.26. The maximum atomic E-state index is 11.8. The van der Waals surface area contributed by atoms with Crippen molar-refractivity contribution >= 4 is 17.4 Å². The maximum absolute atomic E-state index is 11.8. The van der Waals surface area contributed by atoms with E-state index in [4.69, 9.17) is 5.11 Å². The number of rotatable bonds is 5. The predicted molar refractivity (Wildman–Crippen MR) is 87.1 cm³/mol. The number of nitrogens with zero attached hydrogens (tertiary/aromatic N) is 1. The summed E-state index contributed by atoms with van der Waals surface area (Å²) in [6, 6.07) is -0.112. The van der Waals surface area contributed by atoms with Crippen LogP contribution in [-0.4, -0.2) is 35.3 Å². The van der Waals surface area contributed by atoms with Gasteiger partial charge >= 0.3 is 6.03 Å². The van der Waals surface area contributed by atoms with E-state index < -0.39 is 0 Å². The molecule has 0 unspecified atom stereocenters. The fraction of sp³-hybridized carbons (Fsp3) is 0.625. The van der Waals surface area contributed by atoms with E-state index in [1.54, 1.807) is 11.3 Å². The molecule has 22 heavy (non-hydrogen) atoms. The van der Waals surface area contributed by atoms with Gasteiger partial charge in [-0.3, -0.25) is 0 Å². The van der Waals surface area contributed by atoms with Gasteiger partial charge in [-0.1, -0.05) is 12.2 Å². The lowest BCUT2D eigenvalue weighted by atomic mass is 10.0. The number of fused-ring (bicyclic) bond motifs is 1. The smallest absolute Gasteiger partial charge is 0.315 e. The zero-order chi connectivity index (χ0) is 15.4. The Bertz CT molecular complexity index is 532. The molecule has 0 saturated heterocycles. The van der Waals surface area contributed by atoms with Crippen LogP contribution in [0, 0.1) is 5.92 Å².